The van der Waals surface area contributed by atoms with E-state index in [1.54, 1.807) is 24.5 Å². The Morgan fingerprint density at radius 3 is 2.60 bits per heavy atom. The van der Waals surface area contributed by atoms with Crippen LogP contribution in [0.25, 0.3) is 11.2 Å². The van der Waals surface area contributed by atoms with Gasteiger partial charge < -0.3 is 4.57 Å². The minimum Gasteiger partial charge on any atom is -0.310 e. The Kier molecular flexibility index (Phi) is 4.01. The largest absolute Gasteiger partial charge is 0.310 e. The number of hydrogen-bond donors (Lipinski definition) is 0. The number of sulfone groups is 1. The minimum atomic E-state index is -3.23. The third-order valence-electron chi connectivity index (χ3n) is 3.29. The lowest BCUT2D eigenvalue weighted by Crippen LogP contribution is -2.36. The van der Waals surface area contributed by atoms with Crippen molar-refractivity contribution in [2.45, 2.75) is 31.0 Å². The average Bonchev–Trinajstić information content (AvgIpc) is 2.64. The SMILES string of the molecule is CC(C)(Cn1c(CCl)nc2cc(Cl)cnc21)S(C)(=O)=O. The number of aromatic nitrogens is 3. The van der Waals surface area contributed by atoms with E-state index in [0.29, 0.717) is 22.0 Å². The van der Waals surface area contributed by atoms with E-state index in [2.05, 4.69) is 9.97 Å². The molecule has 110 valence electrons. The first-order valence-electron chi connectivity index (χ1n) is 5.92. The summed E-state index contributed by atoms with van der Waals surface area (Å²) in [5, 5.41) is 0.477. The number of nitrogens with zero attached hydrogens (tertiary/aromatic N) is 3. The van der Waals surface area contributed by atoms with Crippen LogP contribution in [0.15, 0.2) is 12.3 Å². The smallest absolute Gasteiger partial charge is 0.160 e. The maximum atomic E-state index is 11.9. The number of rotatable bonds is 4. The van der Waals surface area contributed by atoms with E-state index in [1.807, 2.05) is 0 Å². The van der Waals surface area contributed by atoms with Crippen LogP contribution in [0.4, 0.5) is 0 Å². The van der Waals surface area contributed by atoms with Crippen LogP contribution in [-0.4, -0.2) is 34.0 Å². The summed E-state index contributed by atoms with van der Waals surface area (Å²) in [6.07, 6.45) is 2.73. The van der Waals surface area contributed by atoms with Crippen LogP contribution in [0.5, 0.6) is 0 Å². The van der Waals surface area contributed by atoms with E-state index in [4.69, 9.17) is 23.2 Å². The van der Waals surface area contributed by atoms with Crippen LogP contribution in [0, 0.1) is 0 Å². The molecule has 2 aromatic heterocycles. The van der Waals surface area contributed by atoms with Crippen molar-refractivity contribution < 1.29 is 8.42 Å². The van der Waals surface area contributed by atoms with Gasteiger partial charge in [0.1, 0.15) is 11.3 Å². The molecule has 5 nitrogen and oxygen atoms in total. The fourth-order valence-corrected chi connectivity index (χ4v) is 2.52. The molecule has 2 heterocycles. The van der Waals surface area contributed by atoms with E-state index in [1.165, 1.54) is 12.5 Å². The molecule has 0 fully saturated rings. The van der Waals surface area contributed by atoms with Gasteiger partial charge in [-0.05, 0) is 19.9 Å². The number of alkyl halides is 1. The summed E-state index contributed by atoms with van der Waals surface area (Å²) in [5.74, 6) is 0.751. The van der Waals surface area contributed by atoms with E-state index in [0.717, 1.165) is 0 Å². The Morgan fingerprint density at radius 2 is 2.05 bits per heavy atom. The normalized spacial score (nSPS) is 13.1. The van der Waals surface area contributed by atoms with E-state index in [9.17, 15) is 8.42 Å². The Balaban J connectivity index is 2.59. The Hall–Kier alpha value is -0.850. The van der Waals surface area contributed by atoms with Gasteiger partial charge in [-0.2, -0.15) is 0 Å². The number of imidazole rings is 1. The van der Waals surface area contributed by atoms with Crippen molar-refractivity contribution in [1.82, 2.24) is 14.5 Å². The molecular formula is C12H15Cl2N3O2S. The van der Waals surface area contributed by atoms with Crippen molar-refractivity contribution in [2.24, 2.45) is 0 Å². The zero-order valence-electron chi connectivity index (χ0n) is 11.4. The summed E-state index contributed by atoms with van der Waals surface area (Å²) >= 11 is 11.8. The van der Waals surface area contributed by atoms with Gasteiger partial charge in [0.2, 0.25) is 0 Å². The molecule has 2 rings (SSSR count). The van der Waals surface area contributed by atoms with Gasteiger partial charge in [-0.15, -0.1) is 11.6 Å². The predicted octanol–water partition coefficient (Wildman–Crippen LogP) is 2.65. The summed E-state index contributed by atoms with van der Waals surface area (Å²) in [6, 6.07) is 1.68. The second-order valence-corrected chi connectivity index (χ2v) is 8.63. The minimum absolute atomic E-state index is 0.174. The van der Waals surface area contributed by atoms with Gasteiger partial charge in [-0.3, -0.25) is 0 Å². The lowest BCUT2D eigenvalue weighted by Gasteiger charge is -2.24. The van der Waals surface area contributed by atoms with Crippen molar-refractivity contribution in [1.29, 1.82) is 0 Å². The van der Waals surface area contributed by atoms with Crippen molar-refractivity contribution in [2.75, 3.05) is 6.26 Å². The number of hydrogen-bond acceptors (Lipinski definition) is 4. The molecule has 0 atom stereocenters. The van der Waals surface area contributed by atoms with E-state index < -0.39 is 14.6 Å². The summed E-state index contributed by atoms with van der Waals surface area (Å²) in [7, 11) is -3.23. The Morgan fingerprint density at radius 1 is 1.40 bits per heavy atom. The monoisotopic (exact) mass is 335 g/mol. The van der Waals surface area contributed by atoms with Gasteiger partial charge in [0.15, 0.2) is 15.5 Å². The lowest BCUT2D eigenvalue weighted by molar-refractivity contribution is 0.501. The topological polar surface area (TPSA) is 64.8 Å². The molecule has 20 heavy (non-hydrogen) atoms. The molecule has 0 aliphatic heterocycles. The second-order valence-electron chi connectivity index (χ2n) is 5.28. The average molecular weight is 336 g/mol. The lowest BCUT2D eigenvalue weighted by atomic mass is 10.2. The summed E-state index contributed by atoms with van der Waals surface area (Å²) in [6.45, 7) is 3.57. The van der Waals surface area contributed by atoms with Gasteiger partial charge >= 0.3 is 0 Å². The molecule has 2 aromatic rings. The molecule has 0 saturated carbocycles. The summed E-state index contributed by atoms with van der Waals surface area (Å²) in [5.41, 5.74) is 1.19. The van der Waals surface area contributed by atoms with Crippen LogP contribution in [0.2, 0.25) is 5.02 Å². The molecule has 0 radical (unpaired) electrons. The first-order valence-corrected chi connectivity index (χ1v) is 8.72. The van der Waals surface area contributed by atoms with E-state index >= 15 is 0 Å². The van der Waals surface area contributed by atoms with Crippen LogP contribution in [0.3, 0.4) is 0 Å². The Bertz CT molecular complexity index is 753. The van der Waals surface area contributed by atoms with Crippen molar-refractivity contribution in [3.63, 3.8) is 0 Å². The molecule has 0 aliphatic carbocycles. The van der Waals surface area contributed by atoms with Crippen molar-refractivity contribution in [3.05, 3.63) is 23.1 Å². The molecule has 0 amide bonds. The van der Waals surface area contributed by atoms with Crippen molar-refractivity contribution >= 4 is 44.2 Å². The first kappa shape index (κ1) is 15.5. The number of halogens is 2. The van der Waals surface area contributed by atoms with Gasteiger partial charge in [0.05, 0.1) is 15.6 Å². The summed E-state index contributed by atoms with van der Waals surface area (Å²) < 4.78 is 24.5. The molecule has 0 bridgehead atoms. The van der Waals surface area contributed by atoms with Gasteiger partial charge in [-0.1, -0.05) is 11.6 Å². The van der Waals surface area contributed by atoms with Crippen LogP contribution in [-0.2, 0) is 22.3 Å². The predicted molar refractivity (Wildman–Crippen MR) is 81.0 cm³/mol. The highest BCUT2D eigenvalue weighted by atomic mass is 35.5. The highest BCUT2D eigenvalue weighted by Crippen LogP contribution is 2.24. The fraction of sp³-hybridized carbons (Fsp3) is 0.500. The second kappa shape index (κ2) is 5.16. The van der Waals surface area contributed by atoms with Crippen LogP contribution in [0.1, 0.15) is 19.7 Å². The van der Waals surface area contributed by atoms with Gasteiger partial charge in [-0.25, -0.2) is 18.4 Å². The summed E-state index contributed by atoms with van der Waals surface area (Å²) in [4.78, 5) is 8.58. The quantitative estimate of drug-likeness (QED) is 0.805. The molecular weight excluding hydrogens is 321 g/mol. The number of fused-ring (bicyclic) bond motifs is 1. The number of pyridine rings is 1. The van der Waals surface area contributed by atoms with E-state index in [-0.39, 0.29) is 12.4 Å². The molecule has 0 spiro atoms. The molecule has 0 saturated heterocycles. The molecule has 0 unspecified atom stereocenters. The van der Waals surface area contributed by atoms with Gasteiger partial charge in [0, 0.05) is 19.0 Å². The third kappa shape index (κ3) is 2.77. The standard InChI is InChI=1S/C12H15Cl2N3O2S/c1-12(2,20(3,18)19)7-17-10(5-13)16-9-4-8(14)6-15-11(9)17/h4,6H,5,7H2,1-3H3. The molecule has 8 heteroatoms. The maximum absolute atomic E-state index is 11.9. The third-order valence-corrected chi connectivity index (χ3v) is 5.88. The maximum Gasteiger partial charge on any atom is 0.160 e. The van der Waals surface area contributed by atoms with Crippen molar-refractivity contribution in [3.8, 4) is 0 Å². The fourth-order valence-electron chi connectivity index (χ4n) is 1.80. The van der Waals surface area contributed by atoms with Crippen LogP contribution >= 0.6 is 23.2 Å². The first-order chi connectivity index (χ1) is 9.15. The molecule has 0 aromatic carbocycles. The van der Waals surface area contributed by atoms with Gasteiger partial charge in [0.25, 0.3) is 0 Å². The molecule has 0 N–H and O–H groups in total. The van der Waals surface area contributed by atoms with Crippen LogP contribution < -0.4 is 0 Å². The zero-order chi connectivity index (χ0) is 15.1. The zero-order valence-corrected chi connectivity index (χ0v) is 13.7. The highest BCUT2D eigenvalue weighted by Gasteiger charge is 2.32. The highest BCUT2D eigenvalue weighted by molar-refractivity contribution is 7.92. The molecule has 0 aliphatic rings. The Labute approximate surface area is 127 Å².